The van der Waals surface area contributed by atoms with Gasteiger partial charge in [0.25, 0.3) is 0 Å². The van der Waals surface area contributed by atoms with Crippen LogP contribution in [0.25, 0.3) is 0 Å². The molecule has 0 radical (unpaired) electrons. The monoisotopic (exact) mass is 170 g/mol. The van der Waals surface area contributed by atoms with Crippen molar-refractivity contribution in [3.63, 3.8) is 0 Å². The first-order valence-electron chi connectivity index (χ1n) is 4.09. The van der Waals surface area contributed by atoms with Crippen molar-refractivity contribution in [3.05, 3.63) is 12.7 Å². The number of hydrogen-bond acceptors (Lipinski definition) is 3. The Kier molecular flexibility index (Phi) is 2.52. The Hall–Kier alpha value is -0.830. The molecule has 0 aromatic rings. The van der Waals surface area contributed by atoms with E-state index in [1.54, 1.807) is 13.0 Å². The normalized spacial score (nSPS) is 32.7. The molecule has 0 aliphatic carbocycles. The van der Waals surface area contributed by atoms with Crippen LogP contribution in [-0.4, -0.2) is 24.3 Å². The first-order chi connectivity index (χ1) is 5.64. The summed E-state index contributed by atoms with van der Waals surface area (Å²) in [7, 11) is 0. The van der Waals surface area contributed by atoms with Gasteiger partial charge in [-0.05, 0) is 20.3 Å². The highest BCUT2D eigenvalue weighted by Gasteiger charge is 2.57. The van der Waals surface area contributed by atoms with E-state index in [1.807, 2.05) is 6.92 Å². The fourth-order valence-corrected chi connectivity index (χ4v) is 1.19. The zero-order valence-corrected chi connectivity index (χ0v) is 7.50. The molecule has 1 fully saturated rings. The minimum Gasteiger partial charge on any atom is -0.464 e. The van der Waals surface area contributed by atoms with E-state index in [0.29, 0.717) is 13.0 Å². The second-order valence-electron chi connectivity index (χ2n) is 3.06. The van der Waals surface area contributed by atoms with Gasteiger partial charge in [0.1, 0.15) is 5.60 Å². The molecule has 68 valence electrons. The maximum absolute atomic E-state index is 11.1. The fourth-order valence-electron chi connectivity index (χ4n) is 1.19. The Bertz CT molecular complexity index is 200. The van der Waals surface area contributed by atoms with Gasteiger partial charge in [-0.1, -0.05) is 6.08 Å². The number of carbonyl (C=O) groups is 1. The van der Waals surface area contributed by atoms with Crippen LogP contribution in [0.5, 0.6) is 0 Å². The molecule has 1 saturated heterocycles. The van der Waals surface area contributed by atoms with Crippen LogP contribution in [0.3, 0.4) is 0 Å². The maximum Gasteiger partial charge on any atom is 0.338 e. The first kappa shape index (κ1) is 9.26. The lowest BCUT2D eigenvalue weighted by molar-refractivity contribution is -0.144. The summed E-state index contributed by atoms with van der Waals surface area (Å²) in [6.07, 6.45) is 2.06. The third-order valence-electron chi connectivity index (χ3n) is 1.93. The smallest absolute Gasteiger partial charge is 0.338 e. The lowest BCUT2D eigenvalue weighted by Gasteiger charge is -2.00. The average Bonchev–Trinajstić information content (AvgIpc) is 2.64. The molecule has 0 bridgehead atoms. The van der Waals surface area contributed by atoms with E-state index in [2.05, 4.69) is 6.58 Å². The Morgan fingerprint density at radius 2 is 2.50 bits per heavy atom. The Balaban J connectivity index is 2.39. The molecule has 0 amide bonds. The molecule has 2 atom stereocenters. The van der Waals surface area contributed by atoms with Crippen molar-refractivity contribution in [2.75, 3.05) is 6.61 Å². The Morgan fingerprint density at radius 3 is 3.00 bits per heavy atom. The van der Waals surface area contributed by atoms with Crippen LogP contribution in [0, 0.1) is 0 Å². The Labute approximate surface area is 72.4 Å². The lowest BCUT2D eigenvalue weighted by Crippen LogP contribution is -2.19. The van der Waals surface area contributed by atoms with E-state index in [0.717, 1.165) is 0 Å². The van der Waals surface area contributed by atoms with Gasteiger partial charge in [0, 0.05) is 0 Å². The number of ether oxygens (including phenoxy) is 2. The highest BCUT2D eigenvalue weighted by atomic mass is 16.7. The second kappa shape index (κ2) is 3.27. The van der Waals surface area contributed by atoms with E-state index in [4.69, 9.17) is 9.47 Å². The highest BCUT2D eigenvalue weighted by molar-refractivity contribution is 5.79. The van der Waals surface area contributed by atoms with Crippen LogP contribution >= 0.6 is 0 Å². The first-order valence-corrected chi connectivity index (χ1v) is 4.09. The van der Waals surface area contributed by atoms with Gasteiger partial charge >= 0.3 is 5.97 Å². The molecule has 0 saturated carbocycles. The van der Waals surface area contributed by atoms with Gasteiger partial charge in [0.2, 0.25) is 0 Å². The molecule has 0 aromatic heterocycles. The van der Waals surface area contributed by atoms with Gasteiger partial charge in [-0.2, -0.15) is 0 Å². The van der Waals surface area contributed by atoms with E-state index in [-0.39, 0.29) is 17.7 Å². The summed E-state index contributed by atoms with van der Waals surface area (Å²) in [5.74, 6) is -0.262. The van der Waals surface area contributed by atoms with Crippen molar-refractivity contribution in [3.8, 4) is 0 Å². The highest BCUT2D eigenvalue weighted by Crippen LogP contribution is 2.40. The standard InChI is InChI=1S/C9H14O3/c1-4-6-9(3)7(12-9)8(10)11-5-2/h4,7H,1,5-6H2,2-3H3/t7-,9-/m1/s1. The number of hydrogen-bond donors (Lipinski definition) is 0. The van der Waals surface area contributed by atoms with E-state index in [1.165, 1.54) is 0 Å². The summed E-state index contributed by atoms with van der Waals surface area (Å²) >= 11 is 0. The SMILES string of the molecule is C=CC[C@@]1(C)O[C@@H]1C(=O)OCC. The van der Waals surface area contributed by atoms with Crippen LogP contribution in [0.15, 0.2) is 12.7 Å². The largest absolute Gasteiger partial charge is 0.464 e. The topological polar surface area (TPSA) is 38.8 Å². The molecule has 1 heterocycles. The summed E-state index contributed by atoms with van der Waals surface area (Å²) in [5.41, 5.74) is -0.353. The molecular formula is C9H14O3. The molecule has 0 spiro atoms. The van der Waals surface area contributed by atoms with E-state index < -0.39 is 0 Å². The summed E-state index contributed by atoms with van der Waals surface area (Å²) < 4.78 is 10.0. The van der Waals surface area contributed by atoms with Crippen LogP contribution < -0.4 is 0 Å². The molecule has 1 rings (SSSR count). The van der Waals surface area contributed by atoms with Gasteiger partial charge in [0.05, 0.1) is 6.61 Å². The zero-order valence-electron chi connectivity index (χ0n) is 7.50. The lowest BCUT2D eigenvalue weighted by atomic mass is 10.0. The molecule has 0 aromatic carbocycles. The van der Waals surface area contributed by atoms with Gasteiger partial charge in [-0.25, -0.2) is 4.79 Å². The van der Waals surface area contributed by atoms with Gasteiger partial charge in [0.15, 0.2) is 6.10 Å². The van der Waals surface area contributed by atoms with Crippen molar-refractivity contribution in [1.29, 1.82) is 0 Å². The van der Waals surface area contributed by atoms with Crippen molar-refractivity contribution in [2.45, 2.75) is 32.0 Å². The third-order valence-corrected chi connectivity index (χ3v) is 1.93. The minimum absolute atomic E-state index is 0.262. The van der Waals surface area contributed by atoms with E-state index >= 15 is 0 Å². The van der Waals surface area contributed by atoms with Crippen LogP contribution in [0.1, 0.15) is 20.3 Å². The van der Waals surface area contributed by atoms with Crippen molar-refractivity contribution in [1.82, 2.24) is 0 Å². The molecular weight excluding hydrogens is 156 g/mol. The average molecular weight is 170 g/mol. The van der Waals surface area contributed by atoms with Crippen LogP contribution in [-0.2, 0) is 14.3 Å². The summed E-state index contributed by atoms with van der Waals surface area (Å²) in [4.78, 5) is 11.1. The van der Waals surface area contributed by atoms with E-state index in [9.17, 15) is 4.79 Å². The van der Waals surface area contributed by atoms with Crippen LogP contribution in [0.2, 0.25) is 0 Å². The molecule has 1 aliphatic rings. The summed E-state index contributed by atoms with van der Waals surface area (Å²) in [6.45, 7) is 7.67. The quantitative estimate of drug-likeness (QED) is 0.362. The maximum atomic E-state index is 11.1. The number of rotatable bonds is 4. The van der Waals surface area contributed by atoms with Crippen LogP contribution in [0.4, 0.5) is 0 Å². The van der Waals surface area contributed by atoms with Gasteiger partial charge in [-0.3, -0.25) is 0 Å². The summed E-state index contributed by atoms with van der Waals surface area (Å²) in [6, 6.07) is 0. The Morgan fingerprint density at radius 1 is 1.83 bits per heavy atom. The second-order valence-corrected chi connectivity index (χ2v) is 3.06. The molecule has 1 aliphatic heterocycles. The van der Waals surface area contributed by atoms with Gasteiger partial charge < -0.3 is 9.47 Å². The molecule has 12 heavy (non-hydrogen) atoms. The molecule has 0 N–H and O–H groups in total. The minimum atomic E-state index is -0.379. The molecule has 0 unspecified atom stereocenters. The third kappa shape index (κ3) is 1.67. The van der Waals surface area contributed by atoms with Crippen molar-refractivity contribution in [2.24, 2.45) is 0 Å². The number of epoxide rings is 1. The van der Waals surface area contributed by atoms with Crippen molar-refractivity contribution < 1.29 is 14.3 Å². The number of esters is 1. The predicted molar refractivity (Wildman–Crippen MR) is 44.7 cm³/mol. The zero-order chi connectivity index (χ0) is 9.19. The molecule has 3 heteroatoms. The van der Waals surface area contributed by atoms with Crippen molar-refractivity contribution >= 4 is 5.97 Å². The number of carbonyl (C=O) groups excluding carboxylic acids is 1. The fraction of sp³-hybridized carbons (Fsp3) is 0.667. The summed E-state index contributed by atoms with van der Waals surface area (Å²) in [5, 5.41) is 0. The molecule has 3 nitrogen and oxygen atoms in total. The van der Waals surface area contributed by atoms with Gasteiger partial charge in [-0.15, -0.1) is 6.58 Å². The predicted octanol–water partition coefficient (Wildman–Crippen LogP) is 1.28.